The zero-order valence-electron chi connectivity index (χ0n) is 16.9. The van der Waals surface area contributed by atoms with Gasteiger partial charge in [-0.2, -0.15) is 0 Å². The Kier molecular flexibility index (Phi) is 6.26. The Morgan fingerprint density at radius 1 is 1.23 bits per heavy atom. The van der Waals surface area contributed by atoms with Crippen molar-refractivity contribution in [2.75, 3.05) is 13.6 Å². The molecule has 30 heavy (non-hydrogen) atoms. The second-order valence-corrected chi connectivity index (χ2v) is 8.67. The van der Waals surface area contributed by atoms with Gasteiger partial charge >= 0.3 is 0 Å². The van der Waals surface area contributed by atoms with Gasteiger partial charge in [0.25, 0.3) is 5.91 Å². The van der Waals surface area contributed by atoms with Crippen molar-refractivity contribution in [3.8, 4) is 0 Å². The summed E-state index contributed by atoms with van der Waals surface area (Å²) in [5.41, 5.74) is 2.57. The van der Waals surface area contributed by atoms with Gasteiger partial charge in [0, 0.05) is 36.0 Å². The second-order valence-electron chi connectivity index (χ2n) is 7.69. The third kappa shape index (κ3) is 4.16. The fourth-order valence-corrected chi connectivity index (χ4v) is 5.03. The summed E-state index contributed by atoms with van der Waals surface area (Å²) in [5.74, 6) is -0.775. The molecule has 0 aliphatic carbocycles. The van der Waals surface area contributed by atoms with Gasteiger partial charge in [-0.25, -0.2) is 0 Å². The average Bonchev–Trinajstić information content (AvgIpc) is 3.37. The summed E-state index contributed by atoms with van der Waals surface area (Å²) in [7, 11) is 1.94. The lowest BCUT2D eigenvalue weighted by Gasteiger charge is -2.29. The average molecular weight is 427 g/mol. The highest BCUT2D eigenvalue weighted by molar-refractivity contribution is 7.10. The number of fused-ring (bicyclic) bond motifs is 1. The Bertz CT molecular complexity index is 944. The number of nitrogens with zero attached hydrogens (tertiary/aromatic N) is 1. The predicted octanol–water partition coefficient (Wildman–Crippen LogP) is 1.95. The van der Waals surface area contributed by atoms with Crippen LogP contribution in [0.4, 0.5) is 0 Å². The quantitative estimate of drug-likeness (QED) is 0.562. The van der Waals surface area contributed by atoms with Crippen LogP contribution < -0.4 is 16.0 Å². The van der Waals surface area contributed by atoms with Crippen LogP contribution in [0.5, 0.6) is 0 Å². The third-order valence-electron chi connectivity index (χ3n) is 5.75. The molecule has 7 nitrogen and oxygen atoms in total. The zero-order valence-corrected chi connectivity index (χ0v) is 17.8. The van der Waals surface area contributed by atoms with Gasteiger partial charge in [-0.05, 0) is 49.0 Å². The summed E-state index contributed by atoms with van der Waals surface area (Å²) in [6.45, 7) is 1.87. The zero-order chi connectivity index (χ0) is 21.1. The Hall–Kier alpha value is -2.55. The van der Waals surface area contributed by atoms with Crippen molar-refractivity contribution >= 4 is 29.1 Å². The molecule has 1 fully saturated rings. The molecular formula is C22H26N4O3S. The van der Waals surface area contributed by atoms with E-state index in [0.717, 1.165) is 24.1 Å². The number of imide groups is 1. The van der Waals surface area contributed by atoms with Gasteiger partial charge in [0.2, 0.25) is 11.8 Å². The number of carbonyl (C=O) groups excluding carboxylic acids is 3. The van der Waals surface area contributed by atoms with E-state index in [1.165, 1.54) is 4.88 Å². The molecular weight excluding hydrogens is 400 g/mol. The van der Waals surface area contributed by atoms with Gasteiger partial charge in [0.05, 0.1) is 0 Å². The van der Waals surface area contributed by atoms with Crippen molar-refractivity contribution in [3.05, 3.63) is 57.3 Å². The Balaban J connectivity index is 1.50. The Morgan fingerprint density at radius 3 is 2.83 bits per heavy atom. The minimum atomic E-state index is -0.585. The van der Waals surface area contributed by atoms with E-state index in [0.29, 0.717) is 25.1 Å². The predicted molar refractivity (Wildman–Crippen MR) is 115 cm³/mol. The molecule has 4 rings (SSSR count). The standard InChI is InChI=1S/C22H26N4O3S/c1-23-10-9-16(18-6-3-11-30-18)24-12-14-4-2-5-15-13-26(22(29)20(14)15)17-7-8-19(27)25-21(17)28/h2-6,11,16-17,23-24H,7-10,12-13H2,1H3,(H,25,27,28)/t16-,17?/m1/s1. The van der Waals surface area contributed by atoms with Crippen molar-refractivity contribution in [1.29, 1.82) is 0 Å². The summed E-state index contributed by atoms with van der Waals surface area (Å²) >= 11 is 1.72. The van der Waals surface area contributed by atoms with Crippen molar-refractivity contribution < 1.29 is 14.4 Å². The highest BCUT2D eigenvalue weighted by Gasteiger charge is 2.39. The Labute approximate surface area is 179 Å². The fraction of sp³-hybridized carbons (Fsp3) is 0.409. The van der Waals surface area contributed by atoms with Crippen LogP contribution in [0.3, 0.4) is 0 Å². The van der Waals surface area contributed by atoms with E-state index in [1.807, 2.05) is 25.2 Å². The molecule has 2 aromatic rings. The first-order valence-corrected chi connectivity index (χ1v) is 11.1. The van der Waals surface area contributed by atoms with Crippen LogP contribution in [0.25, 0.3) is 0 Å². The number of hydrogen-bond donors (Lipinski definition) is 3. The maximum Gasteiger partial charge on any atom is 0.255 e. The van der Waals surface area contributed by atoms with E-state index in [-0.39, 0.29) is 30.2 Å². The molecule has 2 aliphatic heterocycles. The van der Waals surface area contributed by atoms with Crippen LogP contribution in [-0.4, -0.2) is 42.3 Å². The lowest BCUT2D eigenvalue weighted by atomic mass is 10.0. The highest BCUT2D eigenvalue weighted by atomic mass is 32.1. The summed E-state index contributed by atoms with van der Waals surface area (Å²) in [4.78, 5) is 39.8. The monoisotopic (exact) mass is 426 g/mol. The van der Waals surface area contributed by atoms with Gasteiger partial charge in [-0.3, -0.25) is 19.7 Å². The topological polar surface area (TPSA) is 90.5 Å². The van der Waals surface area contributed by atoms with Gasteiger partial charge in [0.1, 0.15) is 6.04 Å². The molecule has 158 valence electrons. The highest BCUT2D eigenvalue weighted by Crippen LogP contribution is 2.30. The van der Waals surface area contributed by atoms with Crippen molar-refractivity contribution in [3.63, 3.8) is 0 Å². The van der Waals surface area contributed by atoms with E-state index in [2.05, 4.69) is 33.5 Å². The number of amides is 3. The molecule has 1 unspecified atom stereocenters. The third-order valence-corrected chi connectivity index (χ3v) is 6.73. The molecule has 2 aliphatic rings. The van der Waals surface area contributed by atoms with Crippen molar-refractivity contribution in [2.45, 2.75) is 44.4 Å². The summed E-state index contributed by atoms with van der Waals surface area (Å²) < 4.78 is 0. The van der Waals surface area contributed by atoms with Crippen LogP contribution in [0.15, 0.2) is 35.7 Å². The van der Waals surface area contributed by atoms with Crippen LogP contribution >= 0.6 is 11.3 Å². The molecule has 3 N–H and O–H groups in total. The molecule has 3 heterocycles. The number of carbonyl (C=O) groups is 3. The smallest absolute Gasteiger partial charge is 0.255 e. The van der Waals surface area contributed by atoms with E-state index < -0.39 is 6.04 Å². The molecule has 3 amide bonds. The van der Waals surface area contributed by atoms with Crippen LogP contribution in [0, 0.1) is 0 Å². The normalized spacial score (nSPS) is 19.7. The lowest BCUT2D eigenvalue weighted by molar-refractivity contribution is -0.136. The number of benzene rings is 1. The van der Waals surface area contributed by atoms with Crippen molar-refractivity contribution in [1.82, 2.24) is 20.9 Å². The molecule has 0 spiro atoms. The Morgan fingerprint density at radius 2 is 2.10 bits per heavy atom. The first-order valence-electron chi connectivity index (χ1n) is 10.2. The molecule has 2 atom stereocenters. The molecule has 1 aromatic heterocycles. The van der Waals surface area contributed by atoms with E-state index in [4.69, 9.17) is 0 Å². The van der Waals surface area contributed by atoms with Crippen LogP contribution in [-0.2, 0) is 22.7 Å². The van der Waals surface area contributed by atoms with Crippen LogP contribution in [0.2, 0.25) is 0 Å². The van der Waals surface area contributed by atoms with Gasteiger partial charge in [-0.15, -0.1) is 11.3 Å². The SMILES string of the molecule is CNCC[C@@H](NCc1cccc2c1C(=O)N(C1CCC(=O)NC1=O)C2)c1cccs1. The first kappa shape index (κ1) is 20.7. The first-order chi connectivity index (χ1) is 14.6. The fourth-order valence-electron chi connectivity index (χ4n) is 4.19. The van der Waals surface area contributed by atoms with E-state index >= 15 is 0 Å². The minimum absolute atomic E-state index is 0.125. The van der Waals surface area contributed by atoms with Crippen molar-refractivity contribution in [2.24, 2.45) is 0 Å². The maximum atomic E-state index is 13.2. The maximum absolute atomic E-state index is 13.2. The number of piperidine rings is 1. The number of hydrogen-bond acceptors (Lipinski definition) is 6. The van der Waals surface area contributed by atoms with E-state index in [9.17, 15) is 14.4 Å². The molecule has 1 aromatic carbocycles. The van der Waals surface area contributed by atoms with Gasteiger partial charge < -0.3 is 15.5 Å². The summed E-state index contributed by atoms with van der Waals surface area (Å²) in [5, 5.41) is 11.2. The molecule has 8 heteroatoms. The number of nitrogens with one attached hydrogen (secondary N) is 3. The van der Waals surface area contributed by atoms with Gasteiger partial charge in [0.15, 0.2) is 0 Å². The summed E-state index contributed by atoms with van der Waals surface area (Å²) in [6.07, 6.45) is 1.59. The van der Waals surface area contributed by atoms with Gasteiger partial charge in [-0.1, -0.05) is 24.3 Å². The van der Waals surface area contributed by atoms with Crippen LogP contribution in [0.1, 0.15) is 51.7 Å². The molecule has 0 radical (unpaired) electrons. The molecule has 0 bridgehead atoms. The number of rotatable bonds is 8. The largest absolute Gasteiger partial charge is 0.322 e. The minimum Gasteiger partial charge on any atom is -0.322 e. The summed E-state index contributed by atoms with van der Waals surface area (Å²) in [6, 6.07) is 9.68. The lowest BCUT2D eigenvalue weighted by Crippen LogP contribution is -2.52. The molecule has 0 saturated carbocycles. The second kappa shape index (κ2) is 9.07. The molecule has 1 saturated heterocycles. The van der Waals surface area contributed by atoms with E-state index in [1.54, 1.807) is 16.2 Å². The number of thiophene rings is 1.